The van der Waals surface area contributed by atoms with E-state index in [1.165, 1.54) is 11.1 Å². The third-order valence-corrected chi connectivity index (χ3v) is 2.39. The van der Waals surface area contributed by atoms with Crippen molar-refractivity contribution >= 4 is 0 Å². The van der Waals surface area contributed by atoms with Gasteiger partial charge in [0.05, 0.1) is 0 Å². The Morgan fingerprint density at radius 1 is 1.50 bits per heavy atom. The molecule has 1 atom stereocenters. The highest BCUT2D eigenvalue weighted by Crippen LogP contribution is 2.32. The van der Waals surface area contributed by atoms with Crippen molar-refractivity contribution in [3.8, 4) is 5.75 Å². The van der Waals surface area contributed by atoms with E-state index in [4.69, 9.17) is 4.74 Å². The van der Waals surface area contributed by atoms with E-state index in [9.17, 15) is 0 Å². The van der Waals surface area contributed by atoms with E-state index in [-0.39, 0.29) is 0 Å². The van der Waals surface area contributed by atoms with E-state index < -0.39 is 0 Å². The molecule has 0 fully saturated rings. The van der Waals surface area contributed by atoms with Crippen molar-refractivity contribution in [1.82, 2.24) is 0 Å². The van der Waals surface area contributed by atoms with Crippen molar-refractivity contribution in [2.45, 2.75) is 32.8 Å². The Balaban J connectivity index is 2.44. The van der Waals surface area contributed by atoms with Gasteiger partial charge in [-0.15, -0.1) is 0 Å². The summed E-state index contributed by atoms with van der Waals surface area (Å²) < 4.78 is 5.73. The van der Waals surface area contributed by atoms with Gasteiger partial charge in [0.15, 0.2) is 0 Å². The standard InChI is InChI=1S/C11H14O/c1-3-9-5-4-6-10-7-8(2)12-11(9)10/h4-6,8H,3,7H2,1-2H3. The molecule has 1 aliphatic rings. The summed E-state index contributed by atoms with van der Waals surface area (Å²) in [6.07, 6.45) is 2.51. The van der Waals surface area contributed by atoms with Crippen molar-refractivity contribution in [3.63, 3.8) is 0 Å². The molecule has 0 aromatic heterocycles. The van der Waals surface area contributed by atoms with Gasteiger partial charge in [-0.2, -0.15) is 0 Å². The molecule has 1 heteroatoms. The highest BCUT2D eigenvalue weighted by Gasteiger charge is 2.20. The number of fused-ring (bicyclic) bond motifs is 1. The Labute approximate surface area is 73.4 Å². The summed E-state index contributed by atoms with van der Waals surface area (Å²) in [6.45, 7) is 4.29. The van der Waals surface area contributed by atoms with Gasteiger partial charge in [0.2, 0.25) is 0 Å². The Morgan fingerprint density at radius 2 is 2.33 bits per heavy atom. The molecule has 0 radical (unpaired) electrons. The average molecular weight is 162 g/mol. The van der Waals surface area contributed by atoms with Gasteiger partial charge >= 0.3 is 0 Å². The van der Waals surface area contributed by atoms with Crippen LogP contribution in [0.2, 0.25) is 0 Å². The van der Waals surface area contributed by atoms with Crippen LogP contribution in [0.3, 0.4) is 0 Å². The SMILES string of the molecule is CCc1cccc2c1OC(C)C2. The minimum atomic E-state index is 0.368. The van der Waals surface area contributed by atoms with Crippen LogP contribution in [-0.4, -0.2) is 6.10 Å². The largest absolute Gasteiger partial charge is 0.490 e. The summed E-state index contributed by atoms with van der Waals surface area (Å²) in [4.78, 5) is 0. The maximum Gasteiger partial charge on any atom is 0.126 e. The zero-order chi connectivity index (χ0) is 8.55. The highest BCUT2D eigenvalue weighted by atomic mass is 16.5. The molecular formula is C11H14O. The Kier molecular flexibility index (Phi) is 1.80. The first-order valence-electron chi connectivity index (χ1n) is 4.58. The summed E-state index contributed by atoms with van der Waals surface area (Å²) >= 11 is 0. The lowest BCUT2D eigenvalue weighted by atomic mass is 10.1. The fraction of sp³-hybridized carbons (Fsp3) is 0.455. The van der Waals surface area contributed by atoms with E-state index >= 15 is 0 Å². The number of rotatable bonds is 1. The molecule has 0 aliphatic carbocycles. The van der Waals surface area contributed by atoms with E-state index in [2.05, 4.69) is 32.0 Å². The van der Waals surface area contributed by atoms with Gasteiger partial charge in [-0.1, -0.05) is 25.1 Å². The molecule has 2 rings (SSSR count). The lowest BCUT2D eigenvalue weighted by Gasteiger charge is -2.06. The smallest absolute Gasteiger partial charge is 0.126 e. The number of ether oxygens (including phenoxy) is 1. The zero-order valence-electron chi connectivity index (χ0n) is 7.63. The minimum Gasteiger partial charge on any atom is -0.490 e. The van der Waals surface area contributed by atoms with Crippen LogP contribution in [0, 0.1) is 0 Å². The van der Waals surface area contributed by atoms with E-state index in [0.717, 1.165) is 18.6 Å². The van der Waals surface area contributed by atoms with Crippen LogP contribution in [0.4, 0.5) is 0 Å². The molecule has 0 spiro atoms. The zero-order valence-corrected chi connectivity index (χ0v) is 7.63. The van der Waals surface area contributed by atoms with Crippen LogP contribution in [-0.2, 0) is 12.8 Å². The Hall–Kier alpha value is -0.980. The third-order valence-electron chi connectivity index (χ3n) is 2.39. The maximum absolute atomic E-state index is 5.73. The summed E-state index contributed by atoms with van der Waals surface area (Å²) in [5, 5.41) is 0. The van der Waals surface area contributed by atoms with Crippen LogP contribution in [0.15, 0.2) is 18.2 Å². The molecule has 1 aliphatic heterocycles. The van der Waals surface area contributed by atoms with Gasteiger partial charge in [-0.05, 0) is 24.5 Å². The van der Waals surface area contributed by atoms with Crippen LogP contribution >= 0.6 is 0 Å². The topological polar surface area (TPSA) is 9.23 Å². The number of aryl methyl sites for hydroxylation is 1. The first-order chi connectivity index (χ1) is 5.81. The fourth-order valence-electron chi connectivity index (χ4n) is 1.78. The molecule has 64 valence electrons. The first-order valence-corrected chi connectivity index (χ1v) is 4.58. The molecule has 12 heavy (non-hydrogen) atoms. The summed E-state index contributed by atoms with van der Waals surface area (Å²) in [6, 6.07) is 6.44. The van der Waals surface area contributed by atoms with Crippen LogP contribution in [0.5, 0.6) is 5.75 Å². The molecule has 0 saturated carbocycles. The molecule has 1 nitrogen and oxygen atoms in total. The molecular weight excluding hydrogens is 148 g/mol. The monoisotopic (exact) mass is 162 g/mol. The number of hydrogen-bond acceptors (Lipinski definition) is 1. The van der Waals surface area contributed by atoms with Crippen molar-refractivity contribution in [2.24, 2.45) is 0 Å². The molecule has 1 unspecified atom stereocenters. The van der Waals surface area contributed by atoms with Gasteiger partial charge in [0.25, 0.3) is 0 Å². The second kappa shape index (κ2) is 2.81. The quantitative estimate of drug-likeness (QED) is 0.616. The van der Waals surface area contributed by atoms with Crippen LogP contribution in [0.1, 0.15) is 25.0 Å². The second-order valence-corrected chi connectivity index (χ2v) is 3.39. The third kappa shape index (κ3) is 1.09. The molecule has 1 heterocycles. The predicted octanol–water partition coefficient (Wildman–Crippen LogP) is 2.57. The molecule has 0 saturated heterocycles. The number of para-hydroxylation sites is 1. The molecule has 0 N–H and O–H groups in total. The number of benzene rings is 1. The molecule has 1 aromatic carbocycles. The summed E-state index contributed by atoms with van der Waals surface area (Å²) in [5.74, 6) is 1.15. The lowest BCUT2D eigenvalue weighted by molar-refractivity contribution is 0.252. The van der Waals surface area contributed by atoms with Gasteiger partial charge in [-0.3, -0.25) is 0 Å². The summed E-state index contributed by atoms with van der Waals surface area (Å²) in [5.41, 5.74) is 2.72. The second-order valence-electron chi connectivity index (χ2n) is 3.39. The predicted molar refractivity (Wildman–Crippen MR) is 49.6 cm³/mol. The Morgan fingerprint density at radius 3 is 3.08 bits per heavy atom. The molecule has 0 bridgehead atoms. The normalized spacial score (nSPS) is 20.3. The van der Waals surface area contributed by atoms with Gasteiger partial charge in [-0.25, -0.2) is 0 Å². The number of hydrogen-bond donors (Lipinski definition) is 0. The molecule has 0 amide bonds. The maximum atomic E-state index is 5.73. The average Bonchev–Trinajstić information content (AvgIpc) is 2.44. The van der Waals surface area contributed by atoms with E-state index in [1.807, 2.05) is 0 Å². The van der Waals surface area contributed by atoms with Crippen molar-refractivity contribution in [3.05, 3.63) is 29.3 Å². The molecule has 1 aromatic rings. The van der Waals surface area contributed by atoms with E-state index in [1.54, 1.807) is 0 Å². The van der Waals surface area contributed by atoms with Gasteiger partial charge < -0.3 is 4.74 Å². The van der Waals surface area contributed by atoms with Crippen molar-refractivity contribution in [2.75, 3.05) is 0 Å². The van der Waals surface area contributed by atoms with Crippen LogP contribution < -0.4 is 4.74 Å². The van der Waals surface area contributed by atoms with Crippen molar-refractivity contribution < 1.29 is 4.74 Å². The lowest BCUT2D eigenvalue weighted by Crippen LogP contribution is -2.05. The van der Waals surface area contributed by atoms with Gasteiger partial charge in [0.1, 0.15) is 11.9 Å². The van der Waals surface area contributed by atoms with Crippen LogP contribution in [0.25, 0.3) is 0 Å². The van der Waals surface area contributed by atoms with Crippen molar-refractivity contribution in [1.29, 1.82) is 0 Å². The van der Waals surface area contributed by atoms with Gasteiger partial charge in [0, 0.05) is 6.42 Å². The summed E-state index contributed by atoms with van der Waals surface area (Å²) in [7, 11) is 0. The Bertz CT molecular complexity index is 291. The minimum absolute atomic E-state index is 0.368. The first kappa shape index (κ1) is 7.66. The van der Waals surface area contributed by atoms with E-state index in [0.29, 0.717) is 6.10 Å². The highest BCUT2D eigenvalue weighted by molar-refractivity contribution is 5.44. The fourth-order valence-corrected chi connectivity index (χ4v) is 1.78.